The first-order valence-corrected chi connectivity index (χ1v) is 8.93. The van der Waals surface area contributed by atoms with E-state index in [-0.39, 0.29) is 0 Å². The Hall–Kier alpha value is -3.72. The predicted octanol–water partition coefficient (Wildman–Crippen LogP) is 6.25. The molecule has 0 bridgehead atoms. The van der Waals surface area contributed by atoms with Crippen LogP contribution in [0.3, 0.4) is 0 Å². The molecule has 0 radical (unpaired) electrons. The van der Waals surface area contributed by atoms with Gasteiger partial charge in [-0.1, -0.05) is 30.3 Å². The van der Waals surface area contributed by atoms with Gasteiger partial charge in [-0.2, -0.15) is 0 Å². The SMILES string of the molecule is c1ccc(N(c2ccc3ncccc3c2)c2ccc3ncccc3c2)cc1. The van der Waals surface area contributed by atoms with E-state index in [1.54, 1.807) is 0 Å². The second kappa shape index (κ2) is 6.54. The monoisotopic (exact) mass is 347 g/mol. The number of fused-ring (bicyclic) bond motifs is 2. The van der Waals surface area contributed by atoms with Crippen molar-refractivity contribution in [3.05, 3.63) is 103 Å². The van der Waals surface area contributed by atoms with Gasteiger partial charge in [0.2, 0.25) is 0 Å². The van der Waals surface area contributed by atoms with Crippen molar-refractivity contribution in [1.29, 1.82) is 0 Å². The standard InChI is InChI=1S/C24H17N3/c1-2-8-20(9-3-1)27(21-10-12-23-18(16-21)6-4-14-25-23)22-11-13-24-19(17-22)7-5-15-26-24/h1-17H. The van der Waals surface area contributed by atoms with Gasteiger partial charge in [0.1, 0.15) is 0 Å². The second-order valence-electron chi connectivity index (χ2n) is 6.43. The van der Waals surface area contributed by atoms with Crippen molar-refractivity contribution in [3.8, 4) is 0 Å². The zero-order valence-electron chi connectivity index (χ0n) is 14.7. The smallest absolute Gasteiger partial charge is 0.0703 e. The van der Waals surface area contributed by atoms with Crippen LogP contribution in [0.15, 0.2) is 103 Å². The highest BCUT2D eigenvalue weighted by atomic mass is 15.1. The summed E-state index contributed by atoms with van der Waals surface area (Å²) in [5.41, 5.74) is 5.31. The maximum atomic E-state index is 4.44. The zero-order valence-corrected chi connectivity index (χ0v) is 14.7. The lowest BCUT2D eigenvalue weighted by Crippen LogP contribution is -2.09. The predicted molar refractivity (Wildman–Crippen MR) is 112 cm³/mol. The molecule has 2 aromatic heterocycles. The van der Waals surface area contributed by atoms with Crippen LogP contribution in [-0.4, -0.2) is 9.97 Å². The average Bonchev–Trinajstić information content (AvgIpc) is 2.74. The van der Waals surface area contributed by atoms with Crippen molar-refractivity contribution < 1.29 is 0 Å². The molecule has 0 spiro atoms. The number of hydrogen-bond acceptors (Lipinski definition) is 3. The first-order chi connectivity index (χ1) is 13.4. The van der Waals surface area contributed by atoms with Gasteiger partial charge in [-0.05, 0) is 60.7 Å². The van der Waals surface area contributed by atoms with Crippen molar-refractivity contribution in [3.63, 3.8) is 0 Å². The second-order valence-corrected chi connectivity index (χ2v) is 6.43. The van der Waals surface area contributed by atoms with Gasteiger partial charge in [-0.25, -0.2) is 0 Å². The number of anilines is 3. The summed E-state index contributed by atoms with van der Waals surface area (Å²) >= 11 is 0. The van der Waals surface area contributed by atoms with E-state index in [1.807, 2.05) is 30.6 Å². The molecule has 0 amide bonds. The summed E-state index contributed by atoms with van der Waals surface area (Å²) in [7, 11) is 0. The third kappa shape index (κ3) is 2.89. The van der Waals surface area contributed by atoms with E-state index in [9.17, 15) is 0 Å². The largest absolute Gasteiger partial charge is 0.310 e. The molecule has 0 fully saturated rings. The van der Waals surface area contributed by atoms with Crippen LogP contribution in [0.1, 0.15) is 0 Å². The Morgan fingerprint density at radius 1 is 0.481 bits per heavy atom. The highest BCUT2D eigenvalue weighted by Crippen LogP contribution is 2.36. The Morgan fingerprint density at radius 3 is 1.59 bits per heavy atom. The first-order valence-electron chi connectivity index (χ1n) is 8.93. The van der Waals surface area contributed by atoms with Crippen LogP contribution in [-0.2, 0) is 0 Å². The molecule has 0 N–H and O–H groups in total. The fraction of sp³-hybridized carbons (Fsp3) is 0. The molecule has 2 heterocycles. The molecule has 0 atom stereocenters. The molecule has 5 aromatic rings. The van der Waals surface area contributed by atoms with Gasteiger partial charge in [0.05, 0.1) is 11.0 Å². The van der Waals surface area contributed by atoms with E-state index >= 15 is 0 Å². The number of para-hydroxylation sites is 1. The minimum atomic E-state index is 0.997. The topological polar surface area (TPSA) is 29.0 Å². The third-order valence-electron chi connectivity index (χ3n) is 4.70. The summed E-state index contributed by atoms with van der Waals surface area (Å²) in [6.07, 6.45) is 3.65. The lowest BCUT2D eigenvalue weighted by atomic mass is 10.1. The van der Waals surface area contributed by atoms with Crippen LogP contribution < -0.4 is 4.90 Å². The van der Waals surface area contributed by atoms with E-state index in [1.165, 1.54) is 0 Å². The molecule has 0 saturated heterocycles. The normalized spacial score (nSPS) is 11.0. The quantitative estimate of drug-likeness (QED) is 0.386. The number of hydrogen-bond donors (Lipinski definition) is 0. The third-order valence-corrected chi connectivity index (χ3v) is 4.70. The van der Waals surface area contributed by atoms with Gasteiger partial charge in [0, 0.05) is 40.2 Å². The highest BCUT2D eigenvalue weighted by Gasteiger charge is 2.13. The Bertz CT molecular complexity index is 1150. The van der Waals surface area contributed by atoms with Crippen LogP contribution in [0.25, 0.3) is 21.8 Å². The van der Waals surface area contributed by atoms with Crippen molar-refractivity contribution in [1.82, 2.24) is 9.97 Å². The van der Waals surface area contributed by atoms with Crippen molar-refractivity contribution in [2.75, 3.05) is 4.90 Å². The van der Waals surface area contributed by atoms with Crippen LogP contribution in [0.5, 0.6) is 0 Å². The number of aromatic nitrogens is 2. The Morgan fingerprint density at radius 2 is 1.04 bits per heavy atom. The summed E-state index contributed by atoms with van der Waals surface area (Å²) in [6, 6.07) is 31.3. The Labute approximate surface area is 157 Å². The van der Waals surface area contributed by atoms with E-state index in [0.29, 0.717) is 0 Å². The summed E-state index contributed by atoms with van der Waals surface area (Å²) in [6.45, 7) is 0. The fourth-order valence-electron chi connectivity index (χ4n) is 3.43. The van der Waals surface area contributed by atoms with Crippen LogP contribution in [0, 0.1) is 0 Å². The van der Waals surface area contributed by atoms with Crippen molar-refractivity contribution in [2.45, 2.75) is 0 Å². The maximum absolute atomic E-state index is 4.44. The van der Waals surface area contributed by atoms with Crippen molar-refractivity contribution in [2.24, 2.45) is 0 Å². The first kappa shape index (κ1) is 15.5. The number of benzene rings is 3. The molecule has 0 aliphatic rings. The highest BCUT2D eigenvalue weighted by molar-refractivity contribution is 5.90. The molecule has 3 nitrogen and oxygen atoms in total. The van der Waals surface area contributed by atoms with E-state index in [2.05, 4.69) is 87.7 Å². The lowest BCUT2D eigenvalue weighted by Gasteiger charge is -2.26. The molecule has 0 aliphatic carbocycles. The molecular weight excluding hydrogens is 330 g/mol. The minimum absolute atomic E-state index is 0.997. The van der Waals surface area contributed by atoms with Gasteiger partial charge in [-0.15, -0.1) is 0 Å². The molecule has 27 heavy (non-hydrogen) atoms. The van der Waals surface area contributed by atoms with E-state index in [0.717, 1.165) is 38.9 Å². The van der Waals surface area contributed by atoms with Crippen LogP contribution >= 0.6 is 0 Å². The number of rotatable bonds is 3. The lowest BCUT2D eigenvalue weighted by molar-refractivity contribution is 1.29. The maximum Gasteiger partial charge on any atom is 0.0703 e. The number of pyridine rings is 2. The molecule has 0 unspecified atom stereocenters. The Balaban J connectivity index is 1.72. The summed E-state index contributed by atoms with van der Waals surface area (Å²) in [5.74, 6) is 0. The Kier molecular flexibility index (Phi) is 3.76. The molecule has 0 aliphatic heterocycles. The molecular formula is C24H17N3. The van der Waals surface area contributed by atoms with Gasteiger partial charge in [0.25, 0.3) is 0 Å². The minimum Gasteiger partial charge on any atom is -0.310 e. The van der Waals surface area contributed by atoms with Crippen molar-refractivity contribution >= 4 is 38.9 Å². The molecule has 3 aromatic carbocycles. The summed E-state index contributed by atoms with van der Waals surface area (Å²) < 4.78 is 0. The molecule has 0 saturated carbocycles. The molecule has 128 valence electrons. The van der Waals surface area contributed by atoms with Crippen LogP contribution in [0.4, 0.5) is 17.1 Å². The zero-order chi connectivity index (χ0) is 18.1. The van der Waals surface area contributed by atoms with Gasteiger partial charge >= 0.3 is 0 Å². The molecule has 5 rings (SSSR count). The van der Waals surface area contributed by atoms with Crippen LogP contribution in [0.2, 0.25) is 0 Å². The fourth-order valence-corrected chi connectivity index (χ4v) is 3.43. The van der Waals surface area contributed by atoms with Gasteiger partial charge in [-0.3, -0.25) is 9.97 Å². The van der Waals surface area contributed by atoms with Gasteiger partial charge in [0.15, 0.2) is 0 Å². The van der Waals surface area contributed by atoms with Gasteiger partial charge < -0.3 is 4.90 Å². The van der Waals surface area contributed by atoms with E-state index < -0.39 is 0 Å². The molecule has 3 heteroatoms. The van der Waals surface area contributed by atoms with E-state index in [4.69, 9.17) is 0 Å². The average molecular weight is 347 g/mol. The number of nitrogens with zero attached hydrogens (tertiary/aromatic N) is 3. The summed E-state index contributed by atoms with van der Waals surface area (Å²) in [5, 5.41) is 2.25. The summed E-state index contributed by atoms with van der Waals surface area (Å²) in [4.78, 5) is 11.1.